The van der Waals surface area contributed by atoms with Crippen LogP contribution in [0.25, 0.3) is 11.0 Å². The van der Waals surface area contributed by atoms with Crippen molar-refractivity contribution in [2.24, 2.45) is 5.92 Å². The molecule has 0 spiro atoms. The van der Waals surface area contributed by atoms with Crippen LogP contribution in [-0.4, -0.2) is 23.9 Å². The van der Waals surface area contributed by atoms with Gasteiger partial charge in [-0.3, -0.25) is 9.69 Å². The third kappa shape index (κ3) is 4.60. The van der Waals surface area contributed by atoms with Gasteiger partial charge in [0.15, 0.2) is 0 Å². The summed E-state index contributed by atoms with van der Waals surface area (Å²) in [5.41, 5.74) is 1.18. The number of amides is 1. The maximum absolute atomic E-state index is 13.6. The average Bonchev–Trinajstić information content (AvgIpc) is 3.11. The fraction of sp³-hybridized carbons (Fsp3) is 0.348. The van der Waals surface area contributed by atoms with E-state index in [9.17, 15) is 9.18 Å². The SMILES string of the molecule is O=C(CC[C@H]1CCCN(Cc2cc3ccccc3o2)C1)Nc1ccccc1F. The molecule has 0 bridgehead atoms. The molecule has 2 aromatic carbocycles. The molecule has 0 aliphatic carbocycles. The molecule has 146 valence electrons. The molecule has 4 nitrogen and oxygen atoms in total. The van der Waals surface area contributed by atoms with Gasteiger partial charge in [0.25, 0.3) is 0 Å². The summed E-state index contributed by atoms with van der Waals surface area (Å²) in [5, 5.41) is 3.81. The Hall–Kier alpha value is -2.66. The zero-order chi connectivity index (χ0) is 19.3. The first kappa shape index (κ1) is 18.7. The molecular weight excluding hydrogens is 355 g/mol. The van der Waals surface area contributed by atoms with Gasteiger partial charge in [0.05, 0.1) is 12.2 Å². The number of likely N-dealkylation sites (tertiary alicyclic amines) is 1. The van der Waals surface area contributed by atoms with Crippen molar-refractivity contribution in [1.29, 1.82) is 0 Å². The first-order valence-corrected chi connectivity index (χ1v) is 9.91. The number of nitrogens with one attached hydrogen (secondary N) is 1. The molecule has 1 aliphatic rings. The number of rotatable bonds is 6. The van der Waals surface area contributed by atoms with Gasteiger partial charge in [0.2, 0.25) is 5.91 Å². The van der Waals surface area contributed by atoms with Gasteiger partial charge in [0, 0.05) is 18.4 Å². The standard InChI is InChI=1S/C23H25FN2O2/c24-20-8-2-3-9-21(20)25-23(27)12-11-17-6-5-13-26(15-17)16-19-14-18-7-1-4-10-22(18)28-19/h1-4,7-10,14,17H,5-6,11-13,15-16H2,(H,25,27)/t17-/m1/s1. The number of furan rings is 1. The Kier molecular flexibility index (Phi) is 5.72. The fourth-order valence-electron chi connectivity index (χ4n) is 3.98. The molecule has 4 rings (SSSR count). The summed E-state index contributed by atoms with van der Waals surface area (Å²) in [6, 6.07) is 16.4. The highest BCUT2D eigenvalue weighted by Gasteiger charge is 2.22. The van der Waals surface area contributed by atoms with Crippen LogP contribution in [0, 0.1) is 11.7 Å². The molecule has 0 unspecified atom stereocenters. The van der Waals surface area contributed by atoms with E-state index in [2.05, 4.69) is 22.3 Å². The largest absolute Gasteiger partial charge is 0.460 e. The van der Waals surface area contributed by atoms with E-state index in [0.29, 0.717) is 12.3 Å². The van der Waals surface area contributed by atoms with Crippen LogP contribution in [0.4, 0.5) is 10.1 Å². The molecular formula is C23H25FN2O2. The third-order valence-corrected chi connectivity index (χ3v) is 5.39. The van der Waals surface area contributed by atoms with Crippen molar-refractivity contribution >= 4 is 22.6 Å². The summed E-state index contributed by atoms with van der Waals surface area (Å²) in [7, 11) is 0. The van der Waals surface area contributed by atoms with Crippen LogP contribution in [0.1, 0.15) is 31.4 Å². The van der Waals surface area contributed by atoms with Gasteiger partial charge in [-0.15, -0.1) is 0 Å². The number of carbonyl (C=O) groups excluding carboxylic acids is 1. The molecule has 2 heterocycles. The van der Waals surface area contributed by atoms with Crippen LogP contribution in [-0.2, 0) is 11.3 Å². The molecule has 1 saturated heterocycles. The van der Waals surface area contributed by atoms with Gasteiger partial charge in [-0.2, -0.15) is 0 Å². The number of hydrogen-bond donors (Lipinski definition) is 1. The number of nitrogens with zero attached hydrogens (tertiary/aromatic N) is 1. The predicted octanol–water partition coefficient (Wildman–Crippen LogP) is 5.20. The highest BCUT2D eigenvalue weighted by Crippen LogP contribution is 2.25. The summed E-state index contributed by atoms with van der Waals surface area (Å²) < 4.78 is 19.6. The number of halogens is 1. The third-order valence-electron chi connectivity index (χ3n) is 5.39. The molecule has 1 atom stereocenters. The Labute approximate surface area is 164 Å². The van der Waals surface area contributed by atoms with Crippen molar-refractivity contribution in [2.75, 3.05) is 18.4 Å². The quantitative estimate of drug-likeness (QED) is 0.639. The van der Waals surface area contributed by atoms with Crippen LogP contribution in [0.15, 0.2) is 59.0 Å². The van der Waals surface area contributed by atoms with E-state index < -0.39 is 5.82 Å². The molecule has 1 aliphatic heterocycles. The summed E-state index contributed by atoms with van der Waals surface area (Å²) in [6.07, 6.45) is 3.48. The molecule has 1 fully saturated rings. The van der Waals surface area contributed by atoms with E-state index in [4.69, 9.17) is 4.42 Å². The first-order valence-electron chi connectivity index (χ1n) is 9.91. The average molecular weight is 380 g/mol. The number of anilines is 1. The Morgan fingerprint density at radius 3 is 2.86 bits per heavy atom. The highest BCUT2D eigenvalue weighted by atomic mass is 19.1. The van der Waals surface area contributed by atoms with Gasteiger partial charge < -0.3 is 9.73 Å². The Morgan fingerprint density at radius 1 is 1.18 bits per heavy atom. The monoisotopic (exact) mass is 380 g/mol. The van der Waals surface area contributed by atoms with Gasteiger partial charge in [-0.25, -0.2) is 4.39 Å². The van der Waals surface area contributed by atoms with Crippen molar-refractivity contribution in [1.82, 2.24) is 4.90 Å². The van der Waals surface area contributed by atoms with E-state index in [-0.39, 0.29) is 11.6 Å². The Balaban J connectivity index is 1.27. The van der Waals surface area contributed by atoms with E-state index in [1.165, 1.54) is 6.07 Å². The molecule has 3 aromatic rings. The van der Waals surface area contributed by atoms with Crippen molar-refractivity contribution in [3.63, 3.8) is 0 Å². The van der Waals surface area contributed by atoms with E-state index in [1.807, 2.05) is 18.2 Å². The van der Waals surface area contributed by atoms with E-state index >= 15 is 0 Å². The molecule has 1 N–H and O–H groups in total. The Morgan fingerprint density at radius 2 is 2.00 bits per heavy atom. The minimum absolute atomic E-state index is 0.125. The van der Waals surface area contributed by atoms with Crippen LogP contribution >= 0.6 is 0 Å². The van der Waals surface area contributed by atoms with Crippen molar-refractivity contribution in [3.8, 4) is 0 Å². The number of benzene rings is 2. The van der Waals surface area contributed by atoms with Crippen molar-refractivity contribution in [3.05, 3.63) is 66.2 Å². The highest BCUT2D eigenvalue weighted by molar-refractivity contribution is 5.90. The second-order valence-corrected chi connectivity index (χ2v) is 7.56. The summed E-state index contributed by atoms with van der Waals surface area (Å²) in [5.74, 6) is 0.939. The van der Waals surface area contributed by atoms with E-state index in [0.717, 1.165) is 55.6 Å². The first-order chi connectivity index (χ1) is 13.7. The van der Waals surface area contributed by atoms with E-state index in [1.54, 1.807) is 18.2 Å². The lowest BCUT2D eigenvalue weighted by Crippen LogP contribution is -2.35. The molecule has 28 heavy (non-hydrogen) atoms. The van der Waals surface area contributed by atoms with Crippen LogP contribution in [0.5, 0.6) is 0 Å². The van der Waals surface area contributed by atoms with Crippen molar-refractivity contribution in [2.45, 2.75) is 32.2 Å². The van der Waals surface area contributed by atoms with Gasteiger partial charge in [-0.05, 0) is 56.0 Å². The number of piperidine rings is 1. The molecule has 5 heteroatoms. The minimum Gasteiger partial charge on any atom is -0.460 e. The van der Waals surface area contributed by atoms with Gasteiger partial charge in [-0.1, -0.05) is 30.3 Å². The lowest BCUT2D eigenvalue weighted by Gasteiger charge is -2.32. The molecule has 0 radical (unpaired) electrons. The number of para-hydroxylation sites is 2. The number of carbonyl (C=O) groups is 1. The fourth-order valence-corrected chi connectivity index (χ4v) is 3.98. The summed E-state index contributed by atoms with van der Waals surface area (Å²) in [4.78, 5) is 14.6. The summed E-state index contributed by atoms with van der Waals surface area (Å²) >= 11 is 0. The van der Waals surface area contributed by atoms with Crippen molar-refractivity contribution < 1.29 is 13.6 Å². The number of hydrogen-bond acceptors (Lipinski definition) is 3. The van der Waals surface area contributed by atoms with Gasteiger partial charge >= 0.3 is 0 Å². The number of fused-ring (bicyclic) bond motifs is 1. The van der Waals surface area contributed by atoms with Gasteiger partial charge in [0.1, 0.15) is 17.2 Å². The minimum atomic E-state index is -0.398. The second kappa shape index (κ2) is 8.57. The second-order valence-electron chi connectivity index (χ2n) is 7.56. The zero-order valence-electron chi connectivity index (χ0n) is 15.9. The maximum atomic E-state index is 13.6. The zero-order valence-corrected chi connectivity index (χ0v) is 15.9. The lowest BCUT2D eigenvalue weighted by molar-refractivity contribution is -0.116. The summed E-state index contributed by atoms with van der Waals surface area (Å²) in [6.45, 7) is 2.81. The van der Waals surface area contributed by atoms with Crippen LogP contribution in [0.2, 0.25) is 0 Å². The molecule has 1 amide bonds. The maximum Gasteiger partial charge on any atom is 0.224 e. The predicted molar refractivity (Wildman–Crippen MR) is 108 cm³/mol. The topological polar surface area (TPSA) is 45.5 Å². The normalized spacial score (nSPS) is 17.7. The molecule has 0 saturated carbocycles. The Bertz CT molecular complexity index is 919. The smallest absolute Gasteiger partial charge is 0.224 e. The van der Waals surface area contributed by atoms with Crippen LogP contribution in [0.3, 0.4) is 0 Å². The van der Waals surface area contributed by atoms with Crippen LogP contribution < -0.4 is 5.32 Å². The lowest BCUT2D eigenvalue weighted by atomic mass is 9.93. The molecule has 1 aromatic heterocycles.